The summed E-state index contributed by atoms with van der Waals surface area (Å²) in [5.41, 5.74) is 4.57. The van der Waals surface area contributed by atoms with Crippen LogP contribution in [0, 0.1) is 0 Å². The van der Waals surface area contributed by atoms with Gasteiger partial charge in [0.2, 0.25) is 5.95 Å². The highest BCUT2D eigenvalue weighted by Gasteiger charge is 2.30. The normalized spacial score (nSPS) is 17.2. The summed E-state index contributed by atoms with van der Waals surface area (Å²) in [6.07, 6.45) is 9.60. The van der Waals surface area contributed by atoms with Crippen LogP contribution in [-0.4, -0.2) is 55.1 Å². The molecule has 8 nitrogen and oxygen atoms in total. The summed E-state index contributed by atoms with van der Waals surface area (Å²) in [5, 5.41) is 10.7. The van der Waals surface area contributed by atoms with Crippen molar-refractivity contribution in [3.8, 4) is 11.1 Å². The summed E-state index contributed by atoms with van der Waals surface area (Å²) in [4.78, 5) is 28.6. The zero-order valence-corrected chi connectivity index (χ0v) is 19.5. The van der Waals surface area contributed by atoms with Gasteiger partial charge >= 0.3 is 0 Å². The Morgan fingerprint density at radius 1 is 1.12 bits per heavy atom. The third-order valence-electron chi connectivity index (χ3n) is 6.49. The molecule has 3 aromatic rings. The van der Waals surface area contributed by atoms with E-state index in [9.17, 15) is 4.79 Å². The number of nitrogens with one attached hydrogen (secondary N) is 2. The summed E-state index contributed by atoms with van der Waals surface area (Å²) in [6.45, 7) is 7.69. The Labute approximate surface area is 194 Å². The number of nitrogens with zero attached hydrogens (tertiary/aromatic N) is 5. The maximum atomic E-state index is 13.1. The molecule has 0 radical (unpaired) electrons. The van der Waals surface area contributed by atoms with E-state index in [1.54, 1.807) is 12.4 Å². The SMILES string of the molecule is CC(C)(C)c1cc(C(=O)N2CCC(c3nc(NC4CC4)ncc3-c3ccncc3)CC2)n[nH]1. The predicted octanol–water partition coefficient (Wildman–Crippen LogP) is 4.15. The lowest BCUT2D eigenvalue weighted by molar-refractivity contribution is 0.0706. The van der Waals surface area contributed by atoms with Crippen LogP contribution < -0.4 is 5.32 Å². The first-order chi connectivity index (χ1) is 15.9. The van der Waals surface area contributed by atoms with Crippen molar-refractivity contribution in [1.82, 2.24) is 30.0 Å². The first kappa shape index (κ1) is 21.6. The van der Waals surface area contributed by atoms with Crippen molar-refractivity contribution in [2.75, 3.05) is 18.4 Å². The number of carbonyl (C=O) groups excluding carboxylic acids is 1. The van der Waals surface area contributed by atoms with E-state index >= 15 is 0 Å². The molecular formula is C25H31N7O. The van der Waals surface area contributed by atoms with Gasteiger partial charge in [-0.1, -0.05) is 20.8 Å². The van der Waals surface area contributed by atoms with Crippen molar-refractivity contribution in [3.63, 3.8) is 0 Å². The fraction of sp³-hybridized carbons (Fsp3) is 0.480. The minimum atomic E-state index is -0.0683. The average molecular weight is 446 g/mol. The van der Waals surface area contributed by atoms with Gasteiger partial charge < -0.3 is 10.2 Å². The quantitative estimate of drug-likeness (QED) is 0.612. The van der Waals surface area contributed by atoms with Crippen LogP contribution in [0.1, 0.15) is 74.2 Å². The molecule has 0 atom stereocenters. The number of rotatable bonds is 5. The molecule has 4 heterocycles. The number of hydrogen-bond donors (Lipinski definition) is 2. The molecule has 2 fully saturated rings. The molecule has 1 aliphatic heterocycles. The summed E-state index contributed by atoms with van der Waals surface area (Å²) in [7, 11) is 0. The second-order valence-corrected chi connectivity index (χ2v) is 10.1. The summed E-state index contributed by atoms with van der Waals surface area (Å²) < 4.78 is 0. The number of H-pyrrole nitrogens is 1. The zero-order chi connectivity index (χ0) is 23.0. The third-order valence-corrected chi connectivity index (χ3v) is 6.49. The zero-order valence-electron chi connectivity index (χ0n) is 19.5. The lowest BCUT2D eigenvalue weighted by atomic mass is 9.89. The number of piperidine rings is 1. The second-order valence-electron chi connectivity index (χ2n) is 10.1. The number of amides is 1. The number of carbonyl (C=O) groups is 1. The van der Waals surface area contributed by atoms with Gasteiger partial charge in [0.05, 0.1) is 5.69 Å². The minimum Gasteiger partial charge on any atom is -0.351 e. The number of aromatic nitrogens is 5. The van der Waals surface area contributed by atoms with Crippen LogP contribution in [0.25, 0.3) is 11.1 Å². The Morgan fingerprint density at radius 2 is 1.85 bits per heavy atom. The van der Waals surface area contributed by atoms with Gasteiger partial charge in [0.25, 0.3) is 5.91 Å². The molecule has 2 aliphatic rings. The Morgan fingerprint density at radius 3 is 2.48 bits per heavy atom. The highest BCUT2D eigenvalue weighted by Crippen LogP contribution is 2.35. The monoisotopic (exact) mass is 445 g/mol. The molecule has 0 spiro atoms. The van der Waals surface area contributed by atoms with Crippen LogP contribution >= 0.6 is 0 Å². The molecule has 3 aromatic heterocycles. The number of pyridine rings is 1. The van der Waals surface area contributed by atoms with E-state index < -0.39 is 0 Å². The highest BCUT2D eigenvalue weighted by atomic mass is 16.2. The minimum absolute atomic E-state index is 0.00617. The first-order valence-corrected chi connectivity index (χ1v) is 11.8. The van der Waals surface area contributed by atoms with Gasteiger partial charge in [0.15, 0.2) is 0 Å². The molecule has 1 amide bonds. The molecule has 1 saturated heterocycles. The molecule has 0 aromatic carbocycles. The van der Waals surface area contributed by atoms with Gasteiger partial charge in [0.1, 0.15) is 5.69 Å². The van der Waals surface area contributed by atoms with Gasteiger partial charge in [-0.25, -0.2) is 9.97 Å². The van der Waals surface area contributed by atoms with Crippen molar-refractivity contribution in [2.45, 2.75) is 63.8 Å². The molecule has 0 bridgehead atoms. The molecular weight excluding hydrogens is 414 g/mol. The summed E-state index contributed by atoms with van der Waals surface area (Å²) >= 11 is 0. The smallest absolute Gasteiger partial charge is 0.274 e. The van der Waals surface area contributed by atoms with Crippen molar-refractivity contribution in [1.29, 1.82) is 0 Å². The third kappa shape index (κ3) is 4.74. The van der Waals surface area contributed by atoms with E-state index in [1.807, 2.05) is 29.3 Å². The fourth-order valence-corrected chi connectivity index (χ4v) is 4.27. The van der Waals surface area contributed by atoms with Crippen LogP contribution in [-0.2, 0) is 5.41 Å². The predicted molar refractivity (Wildman–Crippen MR) is 127 cm³/mol. The lowest BCUT2D eigenvalue weighted by Gasteiger charge is -2.32. The molecule has 33 heavy (non-hydrogen) atoms. The van der Waals surface area contributed by atoms with Crippen molar-refractivity contribution in [2.24, 2.45) is 0 Å². The summed E-state index contributed by atoms with van der Waals surface area (Å²) in [5.74, 6) is 0.965. The van der Waals surface area contributed by atoms with E-state index in [0.29, 0.717) is 30.8 Å². The largest absolute Gasteiger partial charge is 0.351 e. The van der Waals surface area contributed by atoms with Crippen molar-refractivity contribution < 1.29 is 4.79 Å². The van der Waals surface area contributed by atoms with E-state index in [4.69, 9.17) is 4.98 Å². The number of likely N-dealkylation sites (tertiary alicyclic amines) is 1. The van der Waals surface area contributed by atoms with E-state index in [-0.39, 0.29) is 17.2 Å². The molecule has 0 unspecified atom stereocenters. The number of aromatic amines is 1. The standard InChI is InChI=1S/C25H31N7O/c1-25(2,3)21-14-20(30-31-21)23(33)32-12-8-17(9-13-32)22-19(16-6-10-26-11-7-16)15-27-24(29-22)28-18-4-5-18/h6-7,10-11,14-15,17-18H,4-5,8-9,12-13H2,1-3H3,(H,30,31)(H,27,28,29). The number of hydrogen-bond acceptors (Lipinski definition) is 6. The van der Waals surface area contributed by atoms with Gasteiger partial charge in [-0.3, -0.25) is 14.9 Å². The average Bonchev–Trinajstić information content (AvgIpc) is 3.48. The lowest BCUT2D eigenvalue weighted by Crippen LogP contribution is -2.38. The molecule has 5 rings (SSSR count). The Bertz CT molecular complexity index is 1120. The first-order valence-electron chi connectivity index (χ1n) is 11.8. The molecule has 1 aliphatic carbocycles. The molecule has 2 N–H and O–H groups in total. The Balaban J connectivity index is 1.33. The van der Waals surface area contributed by atoms with Crippen LogP contribution in [0.5, 0.6) is 0 Å². The van der Waals surface area contributed by atoms with Crippen LogP contribution in [0.3, 0.4) is 0 Å². The van der Waals surface area contributed by atoms with Crippen molar-refractivity contribution in [3.05, 3.63) is 53.9 Å². The number of anilines is 1. The molecule has 1 saturated carbocycles. The van der Waals surface area contributed by atoms with Crippen LogP contribution in [0.15, 0.2) is 36.8 Å². The topological polar surface area (TPSA) is 99.7 Å². The maximum absolute atomic E-state index is 13.1. The van der Waals surface area contributed by atoms with Crippen LogP contribution in [0.4, 0.5) is 5.95 Å². The second kappa shape index (κ2) is 8.57. The van der Waals surface area contributed by atoms with Gasteiger partial charge in [-0.15, -0.1) is 0 Å². The Kier molecular flexibility index (Phi) is 5.60. The maximum Gasteiger partial charge on any atom is 0.274 e. The van der Waals surface area contributed by atoms with Crippen molar-refractivity contribution >= 4 is 11.9 Å². The van der Waals surface area contributed by atoms with Crippen LogP contribution in [0.2, 0.25) is 0 Å². The fourth-order valence-electron chi connectivity index (χ4n) is 4.27. The van der Waals surface area contributed by atoms with E-state index in [2.05, 4.69) is 46.3 Å². The van der Waals surface area contributed by atoms with Gasteiger partial charge in [0, 0.05) is 60.3 Å². The van der Waals surface area contributed by atoms with E-state index in [0.717, 1.165) is 35.4 Å². The summed E-state index contributed by atoms with van der Waals surface area (Å²) in [6, 6.07) is 6.38. The van der Waals surface area contributed by atoms with E-state index in [1.165, 1.54) is 12.8 Å². The van der Waals surface area contributed by atoms with Gasteiger partial charge in [-0.05, 0) is 49.4 Å². The highest BCUT2D eigenvalue weighted by molar-refractivity contribution is 5.92. The molecule has 172 valence electrons. The Hall–Kier alpha value is -3.29. The molecule has 8 heteroatoms. The van der Waals surface area contributed by atoms with Gasteiger partial charge in [-0.2, -0.15) is 5.10 Å².